The highest BCUT2D eigenvalue weighted by molar-refractivity contribution is 5.61. The Bertz CT molecular complexity index is 671. The maximum atomic E-state index is 10.8. The van der Waals surface area contributed by atoms with E-state index in [0.29, 0.717) is 13.1 Å². The van der Waals surface area contributed by atoms with Gasteiger partial charge < -0.3 is 19.9 Å². The largest absolute Gasteiger partial charge is 0.497 e. The van der Waals surface area contributed by atoms with E-state index in [4.69, 9.17) is 4.74 Å². The molecule has 0 atom stereocenters. The minimum Gasteiger partial charge on any atom is -0.497 e. The van der Waals surface area contributed by atoms with Crippen LogP contribution in [0.25, 0.3) is 0 Å². The van der Waals surface area contributed by atoms with Crippen molar-refractivity contribution < 1.29 is 9.53 Å². The molecule has 1 N–H and O–H groups in total. The molecule has 1 aliphatic rings. The second-order valence-electron chi connectivity index (χ2n) is 5.25. The van der Waals surface area contributed by atoms with Crippen molar-refractivity contribution in [3.63, 3.8) is 0 Å². The minimum atomic E-state index is 0.714. The second kappa shape index (κ2) is 6.95. The Morgan fingerprint density at radius 3 is 2.74 bits per heavy atom. The number of carbonyl (C=O) groups excluding carboxylic acids is 1. The molecule has 3 rings (SSSR count). The quantitative estimate of drug-likeness (QED) is 0.844. The lowest BCUT2D eigenvalue weighted by molar-refractivity contribution is -0.118. The van der Waals surface area contributed by atoms with Gasteiger partial charge in [-0.2, -0.15) is 0 Å². The van der Waals surface area contributed by atoms with E-state index in [1.165, 1.54) is 0 Å². The number of carbonyl (C=O) groups is 1. The van der Waals surface area contributed by atoms with Gasteiger partial charge in [0.25, 0.3) is 0 Å². The molecule has 0 bridgehead atoms. The van der Waals surface area contributed by atoms with Crippen LogP contribution in [0.1, 0.15) is 0 Å². The molecule has 0 unspecified atom stereocenters. The standard InChI is InChI=1S/C16H19N5O2/c1-23-14-4-2-3-13(9-14)19-15-10-16(18-11-17-15)21-7-5-20(12-22)6-8-21/h2-4,9-12H,5-8H2,1H3,(H,17,18,19). The van der Waals surface area contributed by atoms with E-state index in [0.717, 1.165) is 42.6 Å². The number of benzene rings is 1. The second-order valence-corrected chi connectivity index (χ2v) is 5.25. The van der Waals surface area contributed by atoms with Crippen LogP contribution in [0.5, 0.6) is 5.75 Å². The molecule has 1 aromatic heterocycles. The Labute approximate surface area is 134 Å². The number of anilines is 3. The monoisotopic (exact) mass is 313 g/mol. The molecule has 1 saturated heterocycles. The molecule has 2 aromatic rings. The van der Waals surface area contributed by atoms with E-state index in [1.807, 2.05) is 30.3 Å². The number of nitrogens with zero attached hydrogens (tertiary/aromatic N) is 4. The SMILES string of the molecule is COc1cccc(Nc2cc(N3CCN(C=O)CC3)ncn2)c1. The van der Waals surface area contributed by atoms with Gasteiger partial charge in [0.15, 0.2) is 0 Å². The van der Waals surface area contributed by atoms with Crippen molar-refractivity contribution in [2.45, 2.75) is 0 Å². The first-order chi connectivity index (χ1) is 11.3. The summed E-state index contributed by atoms with van der Waals surface area (Å²) in [6.07, 6.45) is 2.44. The molecule has 120 valence electrons. The number of amides is 1. The maximum Gasteiger partial charge on any atom is 0.209 e. The molecule has 0 spiro atoms. The highest BCUT2D eigenvalue weighted by Gasteiger charge is 2.17. The first-order valence-corrected chi connectivity index (χ1v) is 7.46. The zero-order chi connectivity index (χ0) is 16.1. The summed E-state index contributed by atoms with van der Waals surface area (Å²) < 4.78 is 5.22. The van der Waals surface area contributed by atoms with Crippen molar-refractivity contribution in [1.29, 1.82) is 0 Å². The van der Waals surface area contributed by atoms with Crippen LogP contribution < -0.4 is 15.0 Å². The molecule has 1 aliphatic heterocycles. The van der Waals surface area contributed by atoms with Crippen LogP contribution in [0, 0.1) is 0 Å². The van der Waals surface area contributed by atoms with Gasteiger partial charge in [-0.1, -0.05) is 6.07 Å². The summed E-state index contributed by atoms with van der Waals surface area (Å²) in [4.78, 5) is 23.3. The molecule has 1 aromatic carbocycles. The number of rotatable bonds is 5. The van der Waals surface area contributed by atoms with Crippen LogP contribution in [0.3, 0.4) is 0 Å². The zero-order valence-electron chi connectivity index (χ0n) is 13.0. The molecule has 7 heteroatoms. The number of hydrogen-bond donors (Lipinski definition) is 1. The van der Waals surface area contributed by atoms with Gasteiger partial charge in [-0.25, -0.2) is 9.97 Å². The van der Waals surface area contributed by atoms with Crippen LogP contribution in [0.15, 0.2) is 36.7 Å². The maximum absolute atomic E-state index is 10.8. The molecule has 23 heavy (non-hydrogen) atoms. The first kappa shape index (κ1) is 15.1. The number of piperazine rings is 1. The molecule has 0 aliphatic carbocycles. The van der Waals surface area contributed by atoms with Gasteiger partial charge in [0.05, 0.1) is 7.11 Å². The minimum absolute atomic E-state index is 0.714. The smallest absolute Gasteiger partial charge is 0.209 e. The third-order valence-corrected chi connectivity index (χ3v) is 3.78. The Hall–Kier alpha value is -2.83. The number of hydrogen-bond acceptors (Lipinski definition) is 6. The van der Waals surface area contributed by atoms with Crippen molar-refractivity contribution in [3.05, 3.63) is 36.7 Å². The van der Waals surface area contributed by atoms with Crippen LogP contribution in [0.4, 0.5) is 17.3 Å². The van der Waals surface area contributed by atoms with Crippen molar-refractivity contribution in [1.82, 2.24) is 14.9 Å². The van der Waals surface area contributed by atoms with Gasteiger partial charge in [-0.3, -0.25) is 4.79 Å². The molecule has 7 nitrogen and oxygen atoms in total. The third-order valence-electron chi connectivity index (χ3n) is 3.78. The Balaban J connectivity index is 1.71. The van der Waals surface area contributed by atoms with Crippen LogP contribution in [0.2, 0.25) is 0 Å². The van der Waals surface area contributed by atoms with Crippen molar-refractivity contribution in [2.75, 3.05) is 43.5 Å². The summed E-state index contributed by atoms with van der Waals surface area (Å²) >= 11 is 0. The van der Waals surface area contributed by atoms with E-state index >= 15 is 0 Å². The fraction of sp³-hybridized carbons (Fsp3) is 0.312. The zero-order valence-corrected chi connectivity index (χ0v) is 13.0. The average molecular weight is 313 g/mol. The molecule has 0 saturated carbocycles. The van der Waals surface area contributed by atoms with Gasteiger partial charge in [0.1, 0.15) is 23.7 Å². The summed E-state index contributed by atoms with van der Waals surface area (Å²) in [5, 5.41) is 3.25. The lowest BCUT2D eigenvalue weighted by atomic mass is 10.3. The predicted molar refractivity (Wildman–Crippen MR) is 88.2 cm³/mol. The fourth-order valence-corrected chi connectivity index (χ4v) is 2.49. The number of aromatic nitrogens is 2. The van der Waals surface area contributed by atoms with Gasteiger partial charge in [0.2, 0.25) is 6.41 Å². The number of nitrogens with one attached hydrogen (secondary N) is 1. The lowest BCUT2D eigenvalue weighted by Gasteiger charge is -2.33. The van der Waals surface area contributed by atoms with Crippen LogP contribution >= 0.6 is 0 Å². The van der Waals surface area contributed by atoms with Gasteiger partial charge in [-0.15, -0.1) is 0 Å². The van der Waals surface area contributed by atoms with Crippen molar-refractivity contribution >= 4 is 23.7 Å². The van der Waals surface area contributed by atoms with E-state index in [2.05, 4.69) is 20.2 Å². The van der Waals surface area contributed by atoms with E-state index in [-0.39, 0.29) is 0 Å². The Morgan fingerprint density at radius 1 is 1.17 bits per heavy atom. The van der Waals surface area contributed by atoms with Crippen LogP contribution in [-0.4, -0.2) is 54.6 Å². The Morgan fingerprint density at radius 2 is 2.00 bits per heavy atom. The number of ether oxygens (including phenoxy) is 1. The van der Waals surface area contributed by atoms with Gasteiger partial charge in [0, 0.05) is 44.0 Å². The summed E-state index contributed by atoms with van der Waals surface area (Å²) in [7, 11) is 1.64. The molecule has 0 radical (unpaired) electrons. The Kier molecular flexibility index (Phi) is 4.56. The number of methoxy groups -OCH3 is 1. The highest BCUT2D eigenvalue weighted by Crippen LogP contribution is 2.22. The van der Waals surface area contributed by atoms with Crippen LogP contribution in [-0.2, 0) is 4.79 Å². The van der Waals surface area contributed by atoms with E-state index in [9.17, 15) is 4.79 Å². The summed E-state index contributed by atoms with van der Waals surface area (Å²) in [6, 6.07) is 9.58. The normalized spacial score (nSPS) is 14.5. The third kappa shape index (κ3) is 3.68. The predicted octanol–water partition coefficient (Wildman–Crippen LogP) is 1.51. The molecule has 1 fully saturated rings. The molecular weight excluding hydrogens is 294 g/mol. The summed E-state index contributed by atoms with van der Waals surface area (Å²) in [5.74, 6) is 2.37. The highest BCUT2D eigenvalue weighted by atomic mass is 16.5. The van der Waals surface area contributed by atoms with Gasteiger partial charge >= 0.3 is 0 Å². The van der Waals surface area contributed by atoms with E-state index < -0.39 is 0 Å². The van der Waals surface area contributed by atoms with Gasteiger partial charge in [-0.05, 0) is 12.1 Å². The summed E-state index contributed by atoms with van der Waals surface area (Å²) in [5.41, 5.74) is 0.903. The fourth-order valence-electron chi connectivity index (χ4n) is 2.49. The van der Waals surface area contributed by atoms with E-state index in [1.54, 1.807) is 18.3 Å². The van der Waals surface area contributed by atoms with Crippen molar-refractivity contribution in [3.8, 4) is 5.75 Å². The summed E-state index contributed by atoms with van der Waals surface area (Å²) in [6.45, 7) is 2.97. The van der Waals surface area contributed by atoms with Crippen molar-refractivity contribution in [2.24, 2.45) is 0 Å². The first-order valence-electron chi connectivity index (χ1n) is 7.46. The molecular formula is C16H19N5O2. The topological polar surface area (TPSA) is 70.6 Å². The average Bonchev–Trinajstić information content (AvgIpc) is 2.62. The lowest BCUT2D eigenvalue weighted by Crippen LogP contribution is -2.46. The molecule has 2 heterocycles. The molecule has 1 amide bonds.